The van der Waals surface area contributed by atoms with E-state index in [1.54, 1.807) is 24.3 Å². The summed E-state index contributed by atoms with van der Waals surface area (Å²) in [5.74, 6) is -0.735. The normalized spacial score (nSPS) is 16.5. The molecule has 3 amide bonds. The first kappa shape index (κ1) is 17.2. The number of piperazine rings is 1. The van der Waals surface area contributed by atoms with Crippen LogP contribution in [-0.2, 0) is 14.4 Å². The van der Waals surface area contributed by atoms with Gasteiger partial charge >= 0.3 is 0 Å². The van der Waals surface area contributed by atoms with Crippen LogP contribution in [0.1, 0.15) is 11.1 Å². The van der Waals surface area contributed by atoms with E-state index >= 15 is 0 Å². The molecule has 3 N–H and O–H groups in total. The molecule has 0 spiro atoms. The number of rotatable bonds is 4. The first-order chi connectivity index (χ1) is 11.5. The van der Waals surface area contributed by atoms with E-state index in [0.29, 0.717) is 16.9 Å². The zero-order valence-corrected chi connectivity index (χ0v) is 13.2. The first-order valence-corrected chi connectivity index (χ1v) is 7.03. The Bertz CT molecular complexity index is 739. The number of nitrogens with one attached hydrogen (secondary N) is 2. The SMILES string of the molecule is COc1cc(C=C2C(=O)NCC(=O)N2C)ccc1C=CC(=O)NO. The zero-order valence-electron chi connectivity index (χ0n) is 13.2. The zero-order chi connectivity index (χ0) is 17.7. The lowest BCUT2D eigenvalue weighted by Gasteiger charge is -2.25. The number of hydroxylamine groups is 1. The number of ether oxygens (including phenoxy) is 1. The first-order valence-electron chi connectivity index (χ1n) is 7.03. The number of carbonyl (C=O) groups is 3. The number of carbonyl (C=O) groups excluding carboxylic acids is 3. The Balaban J connectivity index is 2.34. The Labute approximate surface area is 138 Å². The quantitative estimate of drug-likeness (QED) is 0.413. The monoisotopic (exact) mass is 331 g/mol. The minimum atomic E-state index is -0.665. The molecule has 0 bridgehead atoms. The molecule has 1 aromatic carbocycles. The van der Waals surface area contributed by atoms with Gasteiger partial charge in [-0.15, -0.1) is 0 Å². The van der Waals surface area contributed by atoms with Gasteiger partial charge in [0.05, 0.1) is 13.7 Å². The number of amides is 3. The van der Waals surface area contributed by atoms with Gasteiger partial charge in [0.1, 0.15) is 11.4 Å². The molecule has 126 valence electrons. The summed E-state index contributed by atoms with van der Waals surface area (Å²) in [4.78, 5) is 35.9. The van der Waals surface area contributed by atoms with Crippen LogP contribution in [0.4, 0.5) is 0 Å². The summed E-state index contributed by atoms with van der Waals surface area (Å²) >= 11 is 0. The van der Waals surface area contributed by atoms with Crippen molar-refractivity contribution in [1.29, 1.82) is 0 Å². The van der Waals surface area contributed by atoms with Crippen LogP contribution >= 0.6 is 0 Å². The van der Waals surface area contributed by atoms with Crippen molar-refractivity contribution < 1.29 is 24.3 Å². The van der Waals surface area contributed by atoms with Crippen LogP contribution in [-0.4, -0.2) is 48.5 Å². The van der Waals surface area contributed by atoms with Gasteiger partial charge in [-0.05, 0) is 23.8 Å². The summed E-state index contributed by atoms with van der Waals surface area (Å²) in [6.45, 7) is -0.0212. The Morgan fingerprint density at radius 1 is 1.42 bits per heavy atom. The minimum absolute atomic E-state index is 0.0212. The van der Waals surface area contributed by atoms with Crippen molar-refractivity contribution in [3.05, 3.63) is 41.1 Å². The number of hydrogen-bond donors (Lipinski definition) is 3. The predicted molar refractivity (Wildman–Crippen MR) is 85.7 cm³/mol. The predicted octanol–water partition coefficient (Wildman–Crippen LogP) is 0.143. The molecule has 1 aromatic rings. The smallest absolute Gasteiger partial charge is 0.268 e. The molecular formula is C16H17N3O5. The van der Waals surface area contributed by atoms with E-state index in [1.807, 2.05) is 0 Å². The molecule has 0 aliphatic carbocycles. The molecule has 2 rings (SSSR count). The average molecular weight is 331 g/mol. The minimum Gasteiger partial charge on any atom is -0.496 e. The van der Waals surface area contributed by atoms with E-state index in [9.17, 15) is 14.4 Å². The van der Waals surface area contributed by atoms with Gasteiger partial charge in [-0.25, -0.2) is 5.48 Å². The third kappa shape index (κ3) is 3.79. The molecule has 1 aliphatic rings. The molecule has 1 saturated heterocycles. The van der Waals surface area contributed by atoms with E-state index in [-0.39, 0.29) is 24.1 Å². The summed E-state index contributed by atoms with van der Waals surface area (Å²) < 4.78 is 5.26. The van der Waals surface area contributed by atoms with Gasteiger partial charge in [-0.3, -0.25) is 19.6 Å². The second kappa shape index (κ2) is 7.42. The lowest BCUT2D eigenvalue weighted by atomic mass is 10.1. The third-order valence-electron chi connectivity index (χ3n) is 3.45. The maximum absolute atomic E-state index is 11.9. The molecule has 0 unspecified atom stereocenters. The van der Waals surface area contributed by atoms with Crippen molar-refractivity contribution in [2.75, 3.05) is 20.7 Å². The molecule has 0 saturated carbocycles. The van der Waals surface area contributed by atoms with Gasteiger partial charge < -0.3 is 15.0 Å². The fourth-order valence-electron chi connectivity index (χ4n) is 2.13. The molecule has 1 aliphatic heterocycles. The van der Waals surface area contributed by atoms with Crippen LogP contribution < -0.4 is 15.5 Å². The van der Waals surface area contributed by atoms with Crippen LogP contribution in [0.5, 0.6) is 5.75 Å². The lowest BCUT2D eigenvalue weighted by molar-refractivity contribution is -0.135. The number of hydrogen-bond acceptors (Lipinski definition) is 5. The van der Waals surface area contributed by atoms with Crippen molar-refractivity contribution in [3.8, 4) is 5.75 Å². The Hall–Kier alpha value is -3.13. The third-order valence-corrected chi connectivity index (χ3v) is 3.45. The summed E-state index contributed by atoms with van der Waals surface area (Å²) in [5, 5.41) is 11.0. The van der Waals surface area contributed by atoms with Crippen LogP contribution in [0.15, 0.2) is 30.0 Å². The van der Waals surface area contributed by atoms with Crippen LogP contribution in [0, 0.1) is 0 Å². The van der Waals surface area contributed by atoms with E-state index in [2.05, 4.69) is 5.32 Å². The summed E-state index contributed by atoms with van der Waals surface area (Å²) in [6, 6.07) is 5.07. The molecule has 24 heavy (non-hydrogen) atoms. The number of benzene rings is 1. The van der Waals surface area contributed by atoms with E-state index < -0.39 is 5.91 Å². The second-order valence-electron chi connectivity index (χ2n) is 4.98. The summed E-state index contributed by atoms with van der Waals surface area (Å²) in [6.07, 6.45) is 4.20. The van der Waals surface area contributed by atoms with Gasteiger partial charge in [-0.2, -0.15) is 0 Å². The van der Waals surface area contributed by atoms with Crippen LogP contribution in [0.25, 0.3) is 12.2 Å². The van der Waals surface area contributed by atoms with E-state index in [1.165, 1.54) is 30.6 Å². The highest BCUT2D eigenvalue weighted by Gasteiger charge is 2.25. The number of methoxy groups -OCH3 is 1. The van der Waals surface area contributed by atoms with Crippen LogP contribution in [0.3, 0.4) is 0 Å². The van der Waals surface area contributed by atoms with Gasteiger partial charge in [0.25, 0.3) is 11.8 Å². The van der Waals surface area contributed by atoms with Gasteiger partial charge in [0, 0.05) is 18.7 Å². The number of nitrogens with zero attached hydrogens (tertiary/aromatic N) is 1. The standard InChI is InChI=1S/C16H17N3O5/c1-19-12(16(22)17-9-15(19)21)7-10-3-4-11(13(8-10)24-2)5-6-14(20)18-23/h3-8,23H,9H2,1-2H3,(H,17,22)(H,18,20). The molecule has 0 radical (unpaired) electrons. The molecule has 8 heteroatoms. The topological polar surface area (TPSA) is 108 Å². The van der Waals surface area contributed by atoms with Crippen molar-refractivity contribution in [2.24, 2.45) is 0 Å². The largest absolute Gasteiger partial charge is 0.496 e. The molecule has 1 heterocycles. The number of likely N-dealkylation sites (N-methyl/N-ethyl adjacent to an activating group) is 1. The maximum atomic E-state index is 11.9. The molecular weight excluding hydrogens is 314 g/mol. The van der Waals surface area contributed by atoms with Gasteiger partial charge in [0.2, 0.25) is 5.91 Å². The highest BCUT2D eigenvalue weighted by Crippen LogP contribution is 2.24. The lowest BCUT2D eigenvalue weighted by Crippen LogP contribution is -2.47. The maximum Gasteiger partial charge on any atom is 0.268 e. The fourth-order valence-corrected chi connectivity index (χ4v) is 2.13. The van der Waals surface area contributed by atoms with E-state index in [4.69, 9.17) is 9.94 Å². The molecule has 8 nitrogen and oxygen atoms in total. The molecule has 1 fully saturated rings. The van der Waals surface area contributed by atoms with Crippen molar-refractivity contribution in [1.82, 2.24) is 15.7 Å². The summed E-state index contributed by atoms with van der Waals surface area (Å²) in [7, 11) is 3.01. The van der Waals surface area contributed by atoms with Crippen molar-refractivity contribution in [3.63, 3.8) is 0 Å². The second-order valence-corrected chi connectivity index (χ2v) is 4.98. The van der Waals surface area contributed by atoms with Gasteiger partial charge in [0.15, 0.2) is 0 Å². The Morgan fingerprint density at radius 3 is 2.83 bits per heavy atom. The van der Waals surface area contributed by atoms with Crippen LogP contribution in [0.2, 0.25) is 0 Å². The molecule has 0 aromatic heterocycles. The Kier molecular flexibility index (Phi) is 5.33. The summed E-state index contributed by atoms with van der Waals surface area (Å²) in [5.41, 5.74) is 2.99. The Morgan fingerprint density at radius 2 is 2.17 bits per heavy atom. The van der Waals surface area contributed by atoms with Crippen molar-refractivity contribution >= 4 is 29.9 Å². The fraction of sp³-hybridized carbons (Fsp3) is 0.188. The van der Waals surface area contributed by atoms with E-state index in [0.717, 1.165) is 6.08 Å². The highest BCUT2D eigenvalue weighted by molar-refractivity contribution is 6.05. The van der Waals surface area contributed by atoms with Crippen molar-refractivity contribution in [2.45, 2.75) is 0 Å². The van der Waals surface area contributed by atoms with Gasteiger partial charge in [-0.1, -0.05) is 12.1 Å². The average Bonchev–Trinajstić information content (AvgIpc) is 2.60. The highest BCUT2D eigenvalue weighted by atomic mass is 16.5. The molecule has 0 atom stereocenters.